The Bertz CT molecular complexity index is 1550. The first-order valence-electron chi connectivity index (χ1n) is 12.6. The molecule has 2 atom stereocenters. The molecule has 184 valence electrons. The lowest BCUT2D eigenvalue weighted by molar-refractivity contribution is 0.190. The van der Waals surface area contributed by atoms with Crippen LogP contribution in [-0.4, -0.2) is 28.0 Å². The summed E-state index contributed by atoms with van der Waals surface area (Å²) in [4.78, 5) is 15.7. The average Bonchev–Trinajstić information content (AvgIpc) is 3.31. The van der Waals surface area contributed by atoms with Crippen LogP contribution in [0.5, 0.6) is 17.4 Å². The number of para-hydroxylation sites is 1. The normalized spacial score (nSPS) is 20.2. The number of benzene rings is 3. The number of phenolic OH excluding ortho intramolecular Hbond substituents is 1. The van der Waals surface area contributed by atoms with Crippen molar-refractivity contribution in [2.75, 3.05) is 4.90 Å². The minimum Gasteiger partial charge on any atom is -0.506 e. The number of amidine groups is 1. The third-order valence-corrected chi connectivity index (χ3v) is 7.53. The minimum atomic E-state index is 0.0950. The molecule has 37 heavy (non-hydrogen) atoms. The molecule has 3 aromatic carbocycles. The van der Waals surface area contributed by atoms with Crippen molar-refractivity contribution in [3.63, 3.8) is 0 Å². The SMILES string of the molecule is [C-]#[N+]c1ccc(N2C(c3cccc(Oc4ccc5cccc(O)c5n4)c3)=N[C@H]3CCCC(C)(C)[C@@H]32)cc1. The fraction of sp³-hybridized carbons (Fsp3) is 0.258. The number of aliphatic imine (C=N–C) groups is 1. The molecule has 2 aliphatic rings. The van der Waals surface area contributed by atoms with E-state index in [0.29, 0.717) is 22.8 Å². The monoisotopic (exact) mass is 488 g/mol. The summed E-state index contributed by atoms with van der Waals surface area (Å²) in [5, 5.41) is 11.1. The van der Waals surface area contributed by atoms with E-state index in [1.54, 1.807) is 12.1 Å². The van der Waals surface area contributed by atoms with Gasteiger partial charge in [0, 0.05) is 22.7 Å². The molecule has 0 unspecified atom stereocenters. The van der Waals surface area contributed by atoms with Gasteiger partial charge in [-0.05, 0) is 54.7 Å². The maximum absolute atomic E-state index is 10.2. The molecule has 2 heterocycles. The van der Waals surface area contributed by atoms with Crippen molar-refractivity contribution in [1.29, 1.82) is 0 Å². The molecular weight excluding hydrogens is 460 g/mol. The van der Waals surface area contributed by atoms with Gasteiger partial charge < -0.3 is 14.7 Å². The van der Waals surface area contributed by atoms with Gasteiger partial charge in [0.15, 0.2) is 5.69 Å². The van der Waals surface area contributed by atoms with Gasteiger partial charge in [0.1, 0.15) is 22.9 Å². The van der Waals surface area contributed by atoms with E-state index in [-0.39, 0.29) is 23.2 Å². The first-order valence-corrected chi connectivity index (χ1v) is 12.6. The second-order valence-electron chi connectivity index (χ2n) is 10.5. The van der Waals surface area contributed by atoms with Gasteiger partial charge in [0.05, 0.1) is 18.7 Å². The summed E-state index contributed by atoms with van der Waals surface area (Å²) in [6.07, 6.45) is 3.38. The minimum absolute atomic E-state index is 0.0950. The molecule has 0 bridgehead atoms. The summed E-state index contributed by atoms with van der Waals surface area (Å²) in [5.74, 6) is 2.12. The van der Waals surface area contributed by atoms with E-state index >= 15 is 0 Å². The highest BCUT2D eigenvalue weighted by molar-refractivity contribution is 6.12. The predicted molar refractivity (Wildman–Crippen MR) is 147 cm³/mol. The van der Waals surface area contributed by atoms with Crippen molar-refractivity contribution >= 4 is 28.1 Å². The third kappa shape index (κ3) is 4.17. The number of hydrogen-bond donors (Lipinski definition) is 1. The van der Waals surface area contributed by atoms with Crippen molar-refractivity contribution < 1.29 is 9.84 Å². The molecule has 6 nitrogen and oxygen atoms in total. The van der Waals surface area contributed by atoms with Gasteiger partial charge in [0.25, 0.3) is 0 Å². The van der Waals surface area contributed by atoms with Crippen molar-refractivity contribution in [3.05, 3.63) is 95.8 Å². The van der Waals surface area contributed by atoms with E-state index < -0.39 is 0 Å². The summed E-state index contributed by atoms with van der Waals surface area (Å²) >= 11 is 0. The first-order chi connectivity index (χ1) is 17.9. The highest BCUT2D eigenvalue weighted by atomic mass is 16.5. The van der Waals surface area contributed by atoms with E-state index in [1.165, 1.54) is 6.42 Å². The number of pyridine rings is 1. The number of nitrogens with zero attached hydrogens (tertiary/aromatic N) is 4. The molecule has 4 aromatic rings. The maximum Gasteiger partial charge on any atom is 0.219 e. The summed E-state index contributed by atoms with van der Waals surface area (Å²) in [6, 6.07) is 25.2. The van der Waals surface area contributed by atoms with E-state index in [0.717, 1.165) is 35.3 Å². The lowest BCUT2D eigenvalue weighted by Crippen LogP contribution is -2.51. The highest BCUT2D eigenvalue weighted by Crippen LogP contribution is 2.46. The molecule has 0 saturated heterocycles. The van der Waals surface area contributed by atoms with Crippen LogP contribution >= 0.6 is 0 Å². The van der Waals surface area contributed by atoms with Crippen LogP contribution in [0.2, 0.25) is 0 Å². The van der Waals surface area contributed by atoms with Crippen LogP contribution in [0.4, 0.5) is 11.4 Å². The molecule has 0 spiro atoms. The number of fused-ring (bicyclic) bond motifs is 2. The highest BCUT2D eigenvalue weighted by Gasteiger charge is 2.48. The molecule has 0 radical (unpaired) electrons. The summed E-state index contributed by atoms with van der Waals surface area (Å²) in [5.41, 5.74) is 3.26. The van der Waals surface area contributed by atoms with Crippen LogP contribution in [-0.2, 0) is 0 Å². The standard InChI is InChI=1S/C31H28N4O2/c1-31(2)18-6-10-25-29(31)35(23-15-13-22(32-3)14-16-23)30(33-25)21-8-4-9-24(19-21)37-27-17-12-20-7-5-11-26(36)28(20)34-27/h4-5,7-9,11-17,19,25,29,36H,6,10,18H2,1-2H3/t25-,29+/m0/s1. The summed E-state index contributed by atoms with van der Waals surface area (Å²) in [6.45, 7) is 12.0. The number of hydrogen-bond acceptors (Lipinski definition) is 5. The Morgan fingerprint density at radius 3 is 2.65 bits per heavy atom. The molecule has 6 heteroatoms. The van der Waals surface area contributed by atoms with Gasteiger partial charge in [-0.1, -0.05) is 56.7 Å². The predicted octanol–water partition coefficient (Wildman–Crippen LogP) is 7.50. The fourth-order valence-corrected chi connectivity index (χ4v) is 5.78. The van der Waals surface area contributed by atoms with E-state index in [1.807, 2.05) is 60.7 Å². The first kappa shape index (κ1) is 23.1. The van der Waals surface area contributed by atoms with Crippen LogP contribution in [0.15, 0.2) is 83.9 Å². The Morgan fingerprint density at radius 2 is 1.84 bits per heavy atom. The van der Waals surface area contributed by atoms with Gasteiger partial charge in [-0.2, -0.15) is 0 Å². The van der Waals surface area contributed by atoms with Crippen molar-refractivity contribution in [1.82, 2.24) is 4.98 Å². The van der Waals surface area contributed by atoms with Crippen LogP contribution in [0.1, 0.15) is 38.7 Å². The smallest absolute Gasteiger partial charge is 0.219 e. The summed E-state index contributed by atoms with van der Waals surface area (Å²) in [7, 11) is 0. The largest absolute Gasteiger partial charge is 0.506 e. The van der Waals surface area contributed by atoms with E-state index in [4.69, 9.17) is 16.3 Å². The number of anilines is 1. The molecule has 1 saturated carbocycles. The molecule has 1 aliphatic heterocycles. The Kier molecular flexibility index (Phi) is 5.57. The number of ether oxygens (including phenoxy) is 1. The Labute approximate surface area is 216 Å². The van der Waals surface area contributed by atoms with Crippen LogP contribution in [0, 0.1) is 12.0 Å². The van der Waals surface area contributed by atoms with Crippen molar-refractivity contribution in [2.24, 2.45) is 10.4 Å². The average molecular weight is 489 g/mol. The molecule has 0 amide bonds. The number of aromatic hydroxyl groups is 1. The topological polar surface area (TPSA) is 62.3 Å². The quantitative estimate of drug-likeness (QED) is 0.302. The molecule has 6 rings (SSSR count). The van der Waals surface area contributed by atoms with Gasteiger partial charge >= 0.3 is 0 Å². The molecule has 1 N–H and O–H groups in total. The van der Waals surface area contributed by atoms with Gasteiger partial charge in [-0.15, -0.1) is 0 Å². The second kappa shape index (κ2) is 8.94. The Balaban J connectivity index is 1.37. The van der Waals surface area contributed by atoms with Crippen LogP contribution in [0.25, 0.3) is 15.7 Å². The summed E-state index contributed by atoms with van der Waals surface area (Å²) < 4.78 is 6.14. The zero-order valence-electron chi connectivity index (χ0n) is 20.9. The van der Waals surface area contributed by atoms with Gasteiger partial charge in [-0.25, -0.2) is 9.83 Å². The lowest BCUT2D eigenvalue weighted by Gasteiger charge is -2.45. The van der Waals surface area contributed by atoms with E-state index in [9.17, 15) is 5.11 Å². The Morgan fingerprint density at radius 1 is 1.03 bits per heavy atom. The van der Waals surface area contributed by atoms with Gasteiger partial charge in [0.2, 0.25) is 5.88 Å². The number of rotatable bonds is 4. The van der Waals surface area contributed by atoms with Crippen LogP contribution in [0.3, 0.4) is 0 Å². The zero-order valence-corrected chi connectivity index (χ0v) is 20.9. The number of phenols is 1. The Hall–Kier alpha value is -4.37. The lowest BCUT2D eigenvalue weighted by atomic mass is 9.70. The molecule has 1 aromatic heterocycles. The maximum atomic E-state index is 10.2. The van der Waals surface area contributed by atoms with Crippen molar-refractivity contribution in [3.8, 4) is 17.4 Å². The molecule has 1 aliphatic carbocycles. The molecule has 1 fully saturated rings. The fourth-order valence-electron chi connectivity index (χ4n) is 5.78. The van der Waals surface area contributed by atoms with Crippen LogP contribution < -0.4 is 9.64 Å². The van der Waals surface area contributed by atoms with Crippen molar-refractivity contribution in [2.45, 2.75) is 45.2 Å². The zero-order chi connectivity index (χ0) is 25.6. The molecular formula is C31H28N4O2. The second-order valence-corrected chi connectivity index (χ2v) is 10.5. The van der Waals surface area contributed by atoms with E-state index in [2.05, 4.69) is 34.6 Å². The van der Waals surface area contributed by atoms with Gasteiger partial charge in [-0.3, -0.25) is 4.99 Å². The third-order valence-electron chi connectivity index (χ3n) is 7.53. The number of aromatic nitrogens is 1.